The highest BCUT2D eigenvalue weighted by atomic mass is 16.3. The van der Waals surface area contributed by atoms with Gasteiger partial charge in [0, 0.05) is 32.3 Å². The van der Waals surface area contributed by atoms with Crippen LogP contribution in [-0.2, 0) is 4.79 Å². The van der Waals surface area contributed by atoms with Crippen LogP contribution in [-0.4, -0.2) is 42.1 Å². The summed E-state index contributed by atoms with van der Waals surface area (Å²) in [6.45, 7) is 3.21. The van der Waals surface area contributed by atoms with Crippen LogP contribution >= 0.6 is 0 Å². The van der Waals surface area contributed by atoms with Gasteiger partial charge in [0.1, 0.15) is 5.75 Å². The fourth-order valence-electron chi connectivity index (χ4n) is 1.79. The Hall–Kier alpha value is -1.81. The second-order valence-electron chi connectivity index (χ2n) is 4.00. The summed E-state index contributed by atoms with van der Waals surface area (Å²) >= 11 is 0. The molecule has 1 fully saturated rings. The summed E-state index contributed by atoms with van der Waals surface area (Å²) in [5.74, 6) is 0.233. The second-order valence-corrected chi connectivity index (χ2v) is 4.00. The Kier molecular flexibility index (Phi) is 3.77. The molecule has 1 heterocycles. The van der Waals surface area contributed by atoms with Crippen LogP contribution in [0, 0.1) is 0 Å². The molecule has 1 aromatic carbocycles. The number of nitrogens with zero attached hydrogens (tertiary/aromatic N) is 1. The Morgan fingerprint density at radius 1 is 1.35 bits per heavy atom. The number of hydrogen-bond donors (Lipinski definition) is 2. The van der Waals surface area contributed by atoms with E-state index in [9.17, 15) is 9.90 Å². The SMILES string of the molecule is O=C(/C=C/c1cccc(O)c1)N1CCNCC1. The molecule has 0 bridgehead atoms. The van der Waals surface area contributed by atoms with E-state index in [4.69, 9.17) is 0 Å². The van der Waals surface area contributed by atoms with Crippen LogP contribution in [0.25, 0.3) is 6.08 Å². The van der Waals surface area contributed by atoms with Gasteiger partial charge in [0.05, 0.1) is 0 Å². The van der Waals surface area contributed by atoms with E-state index >= 15 is 0 Å². The molecular weight excluding hydrogens is 216 g/mol. The molecule has 1 aliphatic rings. The fourth-order valence-corrected chi connectivity index (χ4v) is 1.79. The molecule has 1 aliphatic heterocycles. The van der Waals surface area contributed by atoms with Gasteiger partial charge in [-0.25, -0.2) is 0 Å². The van der Waals surface area contributed by atoms with Gasteiger partial charge in [0.25, 0.3) is 0 Å². The predicted molar refractivity (Wildman–Crippen MR) is 66.6 cm³/mol. The summed E-state index contributed by atoms with van der Waals surface area (Å²) in [5.41, 5.74) is 0.827. The number of aromatic hydroxyl groups is 1. The van der Waals surface area contributed by atoms with Crippen molar-refractivity contribution >= 4 is 12.0 Å². The van der Waals surface area contributed by atoms with E-state index in [1.165, 1.54) is 0 Å². The molecular formula is C13H16N2O2. The second kappa shape index (κ2) is 5.50. The molecule has 0 saturated carbocycles. The molecule has 17 heavy (non-hydrogen) atoms. The number of carbonyl (C=O) groups is 1. The summed E-state index contributed by atoms with van der Waals surface area (Å²) in [5, 5.41) is 12.5. The third-order valence-corrected chi connectivity index (χ3v) is 2.72. The molecule has 90 valence electrons. The molecule has 1 amide bonds. The van der Waals surface area contributed by atoms with Gasteiger partial charge in [0.2, 0.25) is 5.91 Å². The summed E-state index contributed by atoms with van der Waals surface area (Å²) in [6.07, 6.45) is 3.28. The maximum Gasteiger partial charge on any atom is 0.246 e. The largest absolute Gasteiger partial charge is 0.508 e. The van der Waals surface area contributed by atoms with Crippen molar-refractivity contribution in [3.05, 3.63) is 35.9 Å². The van der Waals surface area contributed by atoms with Gasteiger partial charge in [-0.15, -0.1) is 0 Å². The van der Waals surface area contributed by atoms with Crippen LogP contribution in [0.4, 0.5) is 0 Å². The van der Waals surface area contributed by atoms with E-state index in [1.54, 1.807) is 30.4 Å². The third kappa shape index (κ3) is 3.32. The van der Waals surface area contributed by atoms with Gasteiger partial charge in [-0.2, -0.15) is 0 Å². The van der Waals surface area contributed by atoms with Crippen LogP contribution in [0.5, 0.6) is 5.75 Å². The molecule has 4 heteroatoms. The van der Waals surface area contributed by atoms with E-state index in [1.807, 2.05) is 11.0 Å². The van der Waals surface area contributed by atoms with Gasteiger partial charge in [-0.3, -0.25) is 4.79 Å². The minimum absolute atomic E-state index is 0.0230. The minimum atomic E-state index is 0.0230. The van der Waals surface area contributed by atoms with E-state index in [2.05, 4.69) is 5.32 Å². The number of piperazine rings is 1. The van der Waals surface area contributed by atoms with Crippen molar-refractivity contribution in [3.8, 4) is 5.75 Å². The van der Waals surface area contributed by atoms with Gasteiger partial charge in [-0.05, 0) is 23.8 Å². The standard InChI is InChI=1S/C13H16N2O2/c16-12-3-1-2-11(10-12)4-5-13(17)15-8-6-14-7-9-15/h1-5,10,14,16H,6-9H2/b5-4+. The molecule has 2 N–H and O–H groups in total. The summed E-state index contributed by atoms with van der Waals surface area (Å²) < 4.78 is 0. The van der Waals surface area contributed by atoms with Crippen molar-refractivity contribution in [3.63, 3.8) is 0 Å². The average Bonchev–Trinajstić information content (AvgIpc) is 2.37. The lowest BCUT2D eigenvalue weighted by Crippen LogP contribution is -2.45. The van der Waals surface area contributed by atoms with Gasteiger partial charge < -0.3 is 15.3 Å². The summed E-state index contributed by atoms with van der Waals surface area (Å²) in [4.78, 5) is 13.6. The first kappa shape index (κ1) is 11.7. The molecule has 4 nitrogen and oxygen atoms in total. The zero-order valence-electron chi connectivity index (χ0n) is 9.60. The Morgan fingerprint density at radius 2 is 2.12 bits per heavy atom. The first-order valence-corrected chi connectivity index (χ1v) is 5.72. The fraction of sp³-hybridized carbons (Fsp3) is 0.308. The van der Waals surface area contributed by atoms with Gasteiger partial charge in [0.15, 0.2) is 0 Å². The number of rotatable bonds is 2. The highest BCUT2D eigenvalue weighted by molar-refractivity contribution is 5.91. The Morgan fingerprint density at radius 3 is 2.82 bits per heavy atom. The highest BCUT2D eigenvalue weighted by Gasteiger charge is 2.12. The molecule has 0 aliphatic carbocycles. The first-order chi connectivity index (χ1) is 8.25. The number of hydrogen-bond acceptors (Lipinski definition) is 3. The maximum absolute atomic E-state index is 11.8. The number of amides is 1. The van der Waals surface area contributed by atoms with E-state index in [0.29, 0.717) is 0 Å². The molecule has 0 unspecified atom stereocenters. The summed E-state index contributed by atoms with van der Waals surface area (Å²) in [7, 11) is 0. The number of phenolic OH excluding ortho intramolecular Hbond substituents is 1. The van der Waals surface area contributed by atoms with Crippen molar-refractivity contribution in [1.29, 1.82) is 0 Å². The molecule has 0 aromatic heterocycles. The zero-order chi connectivity index (χ0) is 12.1. The normalized spacial score (nSPS) is 16.4. The molecule has 1 saturated heterocycles. The first-order valence-electron chi connectivity index (χ1n) is 5.72. The van der Waals surface area contributed by atoms with Crippen molar-refractivity contribution in [2.45, 2.75) is 0 Å². The predicted octanol–water partition coefficient (Wildman–Crippen LogP) is 0.837. The average molecular weight is 232 g/mol. The number of carbonyl (C=O) groups excluding carboxylic acids is 1. The smallest absolute Gasteiger partial charge is 0.246 e. The third-order valence-electron chi connectivity index (χ3n) is 2.72. The monoisotopic (exact) mass is 232 g/mol. The maximum atomic E-state index is 11.8. The van der Waals surface area contributed by atoms with Crippen molar-refractivity contribution < 1.29 is 9.90 Å². The van der Waals surface area contributed by atoms with Crippen LogP contribution in [0.3, 0.4) is 0 Å². The number of benzene rings is 1. The zero-order valence-corrected chi connectivity index (χ0v) is 9.60. The topological polar surface area (TPSA) is 52.6 Å². The van der Waals surface area contributed by atoms with Crippen molar-refractivity contribution in [1.82, 2.24) is 10.2 Å². The quantitative estimate of drug-likeness (QED) is 0.743. The number of nitrogens with one attached hydrogen (secondary N) is 1. The van der Waals surface area contributed by atoms with Crippen LogP contribution in [0.1, 0.15) is 5.56 Å². The lowest BCUT2D eigenvalue weighted by molar-refractivity contribution is -0.126. The van der Waals surface area contributed by atoms with Crippen molar-refractivity contribution in [2.24, 2.45) is 0 Å². The molecule has 0 spiro atoms. The van der Waals surface area contributed by atoms with E-state index in [-0.39, 0.29) is 11.7 Å². The Balaban J connectivity index is 1.97. The summed E-state index contributed by atoms with van der Waals surface area (Å²) in [6, 6.07) is 6.84. The molecule has 0 radical (unpaired) electrons. The van der Waals surface area contributed by atoms with E-state index < -0.39 is 0 Å². The molecule has 2 rings (SSSR count). The molecule has 0 atom stereocenters. The lowest BCUT2D eigenvalue weighted by Gasteiger charge is -2.26. The minimum Gasteiger partial charge on any atom is -0.508 e. The lowest BCUT2D eigenvalue weighted by atomic mass is 10.2. The van der Waals surface area contributed by atoms with Crippen LogP contribution in [0.15, 0.2) is 30.3 Å². The van der Waals surface area contributed by atoms with Crippen LogP contribution < -0.4 is 5.32 Å². The van der Waals surface area contributed by atoms with Gasteiger partial charge >= 0.3 is 0 Å². The molecule has 1 aromatic rings. The van der Waals surface area contributed by atoms with Crippen molar-refractivity contribution in [2.75, 3.05) is 26.2 Å². The Bertz CT molecular complexity index is 423. The van der Waals surface area contributed by atoms with Gasteiger partial charge in [-0.1, -0.05) is 12.1 Å². The highest BCUT2D eigenvalue weighted by Crippen LogP contribution is 2.12. The van der Waals surface area contributed by atoms with E-state index in [0.717, 1.165) is 31.7 Å². The van der Waals surface area contributed by atoms with Crippen LogP contribution in [0.2, 0.25) is 0 Å². The number of phenols is 1. The Labute approximate surface area is 101 Å².